The zero-order valence-corrected chi connectivity index (χ0v) is 14.2. The molecule has 1 saturated heterocycles. The molecular weight excluding hydrogens is 280 g/mol. The van der Waals surface area contributed by atoms with Crippen molar-refractivity contribution < 1.29 is 4.79 Å². The largest absolute Gasteiger partial charge is 0.319 e. The van der Waals surface area contributed by atoms with E-state index in [0.717, 1.165) is 18.6 Å². The van der Waals surface area contributed by atoms with Gasteiger partial charge in [0.05, 0.1) is 5.54 Å². The van der Waals surface area contributed by atoms with Crippen LogP contribution in [0.1, 0.15) is 45.3 Å². The van der Waals surface area contributed by atoms with Crippen molar-refractivity contribution in [3.05, 3.63) is 35.9 Å². The van der Waals surface area contributed by atoms with E-state index in [0.29, 0.717) is 0 Å². The molecule has 0 aromatic heterocycles. The summed E-state index contributed by atoms with van der Waals surface area (Å²) in [6.45, 7) is 6.25. The van der Waals surface area contributed by atoms with E-state index in [-0.39, 0.29) is 18.1 Å². The number of thioether (sulfide) groups is 1. The maximum Gasteiger partial charge on any atom is 0.244 e. The number of nitrogens with one attached hydrogen (secondary N) is 1. The second-order valence-corrected chi connectivity index (χ2v) is 6.97. The zero-order valence-electron chi connectivity index (χ0n) is 13.4. The number of carbonyl (C=O) groups excluding carboxylic acids is 1. The van der Waals surface area contributed by atoms with E-state index in [1.807, 2.05) is 36.9 Å². The van der Waals surface area contributed by atoms with Gasteiger partial charge < -0.3 is 4.90 Å². The van der Waals surface area contributed by atoms with Crippen molar-refractivity contribution in [2.75, 3.05) is 12.0 Å². The first kappa shape index (κ1) is 16.4. The molecular formula is C17H26N2OS. The summed E-state index contributed by atoms with van der Waals surface area (Å²) in [5.41, 5.74) is 0.715. The second kappa shape index (κ2) is 6.84. The minimum atomic E-state index is -0.450. The molecule has 21 heavy (non-hydrogen) atoms. The lowest BCUT2D eigenvalue weighted by Crippen LogP contribution is -2.44. The van der Waals surface area contributed by atoms with Crippen LogP contribution < -0.4 is 5.32 Å². The summed E-state index contributed by atoms with van der Waals surface area (Å²) < 4.78 is 0. The van der Waals surface area contributed by atoms with Crippen molar-refractivity contribution in [2.24, 2.45) is 0 Å². The third-order valence-electron chi connectivity index (χ3n) is 4.48. The molecule has 1 fully saturated rings. The van der Waals surface area contributed by atoms with Crippen molar-refractivity contribution >= 4 is 17.7 Å². The van der Waals surface area contributed by atoms with Gasteiger partial charge in [-0.2, -0.15) is 11.8 Å². The summed E-state index contributed by atoms with van der Waals surface area (Å²) >= 11 is 1.83. The molecule has 3 atom stereocenters. The standard InChI is InChI=1S/C17H26N2OS/c1-5-17(3)16(20)19(13(2)11-12-21-4)15(18-17)14-9-7-6-8-10-14/h6-10,13,15,18H,5,11-12H2,1-4H3. The lowest BCUT2D eigenvalue weighted by atomic mass is 9.99. The molecule has 1 aliphatic heterocycles. The Morgan fingerprint density at radius 1 is 1.38 bits per heavy atom. The number of rotatable bonds is 6. The van der Waals surface area contributed by atoms with Crippen molar-refractivity contribution in [3.8, 4) is 0 Å². The van der Waals surface area contributed by atoms with Crippen molar-refractivity contribution in [1.82, 2.24) is 10.2 Å². The average Bonchev–Trinajstić information content (AvgIpc) is 2.78. The molecule has 2 rings (SSSR count). The molecule has 0 radical (unpaired) electrons. The van der Waals surface area contributed by atoms with Gasteiger partial charge in [0.2, 0.25) is 5.91 Å². The molecule has 0 bridgehead atoms. The van der Waals surface area contributed by atoms with Crippen LogP contribution in [0.3, 0.4) is 0 Å². The highest BCUT2D eigenvalue weighted by molar-refractivity contribution is 7.98. The third kappa shape index (κ3) is 3.27. The van der Waals surface area contributed by atoms with Gasteiger partial charge in [0.25, 0.3) is 0 Å². The number of amides is 1. The molecule has 1 aromatic rings. The Balaban J connectivity index is 2.30. The summed E-state index contributed by atoms with van der Waals surface area (Å²) in [6.07, 6.45) is 3.93. The number of nitrogens with zero attached hydrogens (tertiary/aromatic N) is 1. The number of benzene rings is 1. The molecule has 3 nitrogen and oxygen atoms in total. The SMILES string of the molecule is CCC1(C)NC(c2ccccc2)N(C(C)CCSC)C1=O. The first-order valence-electron chi connectivity index (χ1n) is 7.68. The van der Waals surface area contributed by atoms with Gasteiger partial charge in [0.1, 0.15) is 6.17 Å². The molecule has 0 saturated carbocycles. The predicted molar refractivity (Wildman–Crippen MR) is 90.3 cm³/mol. The lowest BCUT2D eigenvalue weighted by Gasteiger charge is -2.30. The molecule has 3 unspecified atom stereocenters. The zero-order chi connectivity index (χ0) is 15.5. The smallest absolute Gasteiger partial charge is 0.244 e. The van der Waals surface area contributed by atoms with E-state index < -0.39 is 5.54 Å². The van der Waals surface area contributed by atoms with Gasteiger partial charge in [0.15, 0.2) is 0 Å². The Labute approximate surface area is 132 Å². The van der Waals surface area contributed by atoms with E-state index >= 15 is 0 Å². The Kier molecular flexibility index (Phi) is 5.33. The van der Waals surface area contributed by atoms with Gasteiger partial charge in [-0.25, -0.2) is 0 Å². The fourth-order valence-corrected chi connectivity index (χ4v) is 3.43. The number of hydrogen-bond acceptors (Lipinski definition) is 3. The number of hydrogen-bond donors (Lipinski definition) is 1. The van der Waals surface area contributed by atoms with Crippen molar-refractivity contribution in [3.63, 3.8) is 0 Å². The topological polar surface area (TPSA) is 32.3 Å². The first-order chi connectivity index (χ1) is 10.0. The van der Waals surface area contributed by atoms with E-state index in [9.17, 15) is 4.79 Å². The molecule has 0 spiro atoms. The van der Waals surface area contributed by atoms with Crippen LogP contribution in [0.15, 0.2) is 30.3 Å². The molecule has 1 aromatic carbocycles. The monoisotopic (exact) mass is 306 g/mol. The molecule has 0 aliphatic carbocycles. The van der Waals surface area contributed by atoms with Crippen LogP contribution in [0, 0.1) is 0 Å². The van der Waals surface area contributed by atoms with Crippen LogP contribution in [0.2, 0.25) is 0 Å². The van der Waals surface area contributed by atoms with Gasteiger partial charge in [0, 0.05) is 6.04 Å². The van der Waals surface area contributed by atoms with E-state index in [1.165, 1.54) is 5.56 Å². The molecule has 1 N–H and O–H groups in total. The molecule has 1 heterocycles. The third-order valence-corrected chi connectivity index (χ3v) is 5.12. The maximum absolute atomic E-state index is 12.9. The van der Waals surface area contributed by atoms with Crippen LogP contribution in [-0.2, 0) is 4.79 Å². The van der Waals surface area contributed by atoms with Gasteiger partial charge in [-0.3, -0.25) is 10.1 Å². The van der Waals surface area contributed by atoms with Gasteiger partial charge in [-0.1, -0.05) is 37.3 Å². The minimum absolute atomic E-state index is 0.0134. The van der Waals surface area contributed by atoms with Gasteiger partial charge >= 0.3 is 0 Å². The first-order valence-corrected chi connectivity index (χ1v) is 9.07. The van der Waals surface area contributed by atoms with Gasteiger partial charge in [-0.15, -0.1) is 0 Å². The Morgan fingerprint density at radius 3 is 2.62 bits per heavy atom. The Hall–Kier alpha value is -1.00. The van der Waals surface area contributed by atoms with E-state index in [4.69, 9.17) is 0 Å². The minimum Gasteiger partial charge on any atom is -0.319 e. The van der Waals surface area contributed by atoms with Crippen molar-refractivity contribution in [1.29, 1.82) is 0 Å². The Bertz CT molecular complexity index is 479. The summed E-state index contributed by atoms with van der Waals surface area (Å²) in [5, 5.41) is 3.56. The van der Waals surface area contributed by atoms with Gasteiger partial charge in [-0.05, 0) is 44.3 Å². The number of carbonyl (C=O) groups is 1. The summed E-state index contributed by atoms with van der Waals surface area (Å²) in [4.78, 5) is 15.0. The lowest BCUT2D eigenvalue weighted by molar-refractivity contribution is -0.134. The highest BCUT2D eigenvalue weighted by Crippen LogP contribution is 2.34. The quantitative estimate of drug-likeness (QED) is 0.874. The van der Waals surface area contributed by atoms with Crippen LogP contribution in [0.5, 0.6) is 0 Å². The molecule has 1 amide bonds. The summed E-state index contributed by atoms with van der Waals surface area (Å²) in [7, 11) is 0. The highest BCUT2D eigenvalue weighted by Gasteiger charge is 2.48. The normalized spacial score (nSPS) is 27.1. The van der Waals surface area contributed by atoms with Crippen LogP contribution in [-0.4, -0.2) is 34.4 Å². The average molecular weight is 306 g/mol. The molecule has 1 aliphatic rings. The summed E-state index contributed by atoms with van der Waals surface area (Å²) in [5.74, 6) is 1.31. The molecule has 4 heteroatoms. The second-order valence-electron chi connectivity index (χ2n) is 5.99. The van der Waals surface area contributed by atoms with Crippen LogP contribution in [0.4, 0.5) is 0 Å². The highest BCUT2D eigenvalue weighted by atomic mass is 32.2. The fraction of sp³-hybridized carbons (Fsp3) is 0.588. The van der Waals surface area contributed by atoms with Crippen LogP contribution >= 0.6 is 11.8 Å². The summed E-state index contributed by atoms with van der Waals surface area (Å²) in [6, 6.07) is 10.5. The van der Waals surface area contributed by atoms with Crippen molar-refractivity contribution in [2.45, 2.75) is 51.4 Å². The van der Waals surface area contributed by atoms with E-state index in [1.54, 1.807) is 0 Å². The predicted octanol–water partition coefficient (Wildman–Crippen LogP) is 3.43. The molecule has 116 valence electrons. The maximum atomic E-state index is 12.9. The Morgan fingerprint density at radius 2 is 2.05 bits per heavy atom. The fourth-order valence-electron chi connectivity index (χ4n) is 2.85. The van der Waals surface area contributed by atoms with Crippen LogP contribution in [0.25, 0.3) is 0 Å². The van der Waals surface area contributed by atoms with E-state index in [2.05, 4.69) is 42.5 Å².